The number of aromatic nitrogens is 2. The lowest BCUT2D eigenvalue weighted by atomic mass is 10.1. The van der Waals surface area contributed by atoms with E-state index < -0.39 is 0 Å². The predicted octanol–water partition coefficient (Wildman–Crippen LogP) is -0.197. The predicted molar refractivity (Wildman–Crippen MR) is 63.1 cm³/mol. The van der Waals surface area contributed by atoms with Crippen molar-refractivity contribution in [3.8, 4) is 5.88 Å². The van der Waals surface area contributed by atoms with E-state index in [0.29, 0.717) is 6.54 Å². The van der Waals surface area contributed by atoms with Crippen LogP contribution in [0.25, 0.3) is 0 Å². The maximum absolute atomic E-state index is 5.77. The van der Waals surface area contributed by atoms with E-state index >= 15 is 0 Å². The molecular formula is C10H21N5O. The quantitative estimate of drug-likeness (QED) is 0.682. The van der Waals surface area contributed by atoms with Gasteiger partial charge in [0.25, 0.3) is 0 Å². The molecule has 0 aliphatic rings. The van der Waals surface area contributed by atoms with Gasteiger partial charge in [0, 0.05) is 27.7 Å². The van der Waals surface area contributed by atoms with Gasteiger partial charge in [0.05, 0.1) is 24.4 Å². The van der Waals surface area contributed by atoms with Gasteiger partial charge in [-0.15, -0.1) is 0 Å². The zero-order chi connectivity index (χ0) is 12.3. The van der Waals surface area contributed by atoms with Crippen LogP contribution < -0.4 is 15.9 Å². The molecule has 0 aromatic carbocycles. The van der Waals surface area contributed by atoms with Gasteiger partial charge in [-0.1, -0.05) is 0 Å². The largest absolute Gasteiger partial charge is 0.481 e. The summed E-state index contributed by atoms with van der Waals surface area (Å²) in [6.07, 6.45) is 0. The Hall–Kier alpha value is -1.11. The first-order valence-electron chi connectivity index (χ1n) is 5.22. The summed E-state index contributed by atoms with van der Waals surface area (Å²) in [7, 11) is 7.36. The Balaban J connectivity index is 3.08. The van der Waals surface area contributed by atoms with Crippen molar-refractivity contribution >= 4 is 0 Å². The highest BCUT2D eigenvalue weighted by molar-refractivity contribution is 5.34. The smallest absolute Gasteiger partial charge is 0.216 e. The molecule has 16 heavy (non-hydrogen) atoms. The number of nitrogens with two attached hydrogens (primary N) is 1. The lowest BCUT2D eigenvalue weighted by Gasteiger charge is -2.22. The fourth-order valence-electron chi connectivity index (χ4n) is 1.84. The van der Waals surface area contributed by atoms with Crippen LogP contribution in [0.1, 0.15) is 17.3 Å². The van der Waals surface area contributed by atoms with Gasteiger partial charge >= 0.3 is 0 Å². The van der Waals surface area contributed by atoms with Crippen molar-refractivity contribution in [1.82, 2.24) is 20.2 Å². The number of aryl methyl sites for hydroxylation is 2. The Morgan fingerprint density at radius 2 is 2.19 bits per heavy atom. The van der Waals surface area contributed by atoms with E-state index in [-0.39, 0.29) is 6.04 Å². The number of rotatable bonds is 5. The third-order valence-electron chi connectivity index (χ3n) is 2.41. The molecule has 0 fully saturated rings. The number of ether oxygens (including phenoxy) is 1. The fraction of sp³-hybridized carbons (Fsp3) is 0.700. The topological polar surface area (TPSA) is 68.3 Å². The van der Waals surface area contributed by atoms with Crippen LogP contribution >= 0.6 is 0 Å². The van der Waals surface area contributed by atoms with Crippen molar-refractivity contribution in [1.29, 1.82) is 0 Å². The SMILES string of the molecule is COc1c(C(CN)NN(C)C)c(C)nn1C. The molecule has 0 amide bonds. The Bertz CT molecular complexity index is 347. The molecule has 1 heterocycles. The molecule has 0 saturated carbocycles. The molecule has 0 saturated heterocycles. The van der Waals surface area contributed by atoms with Gasteiger partial charge in [-0.2, -0.15) is 5.10 Å². The first kappa shape index (κ1) is 13.0. The number of hydrogen-bond donors (Lipinski definition) is 2. The minimum atomic E-state index is 0.0126. The molecule has 0 aliphatic heterocycles. The summed E-state index contributed by atoms with van der Waals surface area (Å²) in [6, 6.07) is 0.0126. The third kappa shape index (κ3) is 2.52. The van der Waals surface area contributed by atoms with Crippen LogP contribution in [0.3, 0.4) is 0 Å². The maximum atomic E-state index is 5.77. The standard InChI is InChI=1S/C10H21N5O/c1-7-9(8(6-11)13-14(2)3)10(16-5)15(4)12-7/h8,13H,6,11H2,1-5H3. The van der Waals surface area contributed by atoms with Crippen molar-refractivity contribution in [3.63, 3.8) is 0 Å². The maximum Gasteiger partial charge on any atom is 0.216 e. The van der Waals surface area contributed by atoms with E-state index in [1.807, 2.05) is 33.1 Å². The second-order valence-electron chi connectivity index (χ2n) is 3.94. The van der Waals surface area contributed by atoms with Crippen LogP contribution in [0.2, 0.25) is 0 Å². The van der Waals surface area contributed by atoms with Crippen molar-refractivity contribution in [2.75, 3.05) is 27.7 Å². The summed E-state index contributed by atoms with van der Waals surface area (Å²) in [6.45, 7) is 2.44. The van der Waals surface area contributed by atoms with E-state index in [2.05, 4.69) is 10.5 Å². The van der Waals surface area contributed by atoms with Gasteiger partial charge in [-0.05, 0) is 6.92 Å². The Morgan fingerprint density at radius 1 is 1.56 bits per heavy atom. The van der Waals surface area contributed by atoms with E-state index in [0.717, 1.165) is 17.1 Å². The molecular weight excluding hydrogens is 206 g/mol. The zero-order valence-corrected chi connectivity index (χ0v) is 10.6. The normalized spacial score (nSPS) is 13.2. The highest BCUT2D eigenvalue weighted by Crippen LogP contribution is 2.27. The van der Waals surface area contributed by atoms with Crippen LogP contribution in [-0.4, -0.2) is 42.5 Å². The second-order valence-corrected chi connectivity index (χ2v) is 3.94. The number of hydrogen-bond acceptors (Lipinski definition) is 5. The van der Waals surface area contributed by atoms with E-state index in [4.69, 9.17) is 10.5 Å². The zero-order valence-electron chi connectivity index (χ0n) is 10.6. The van der Waals surface area contributed by atoms with Crippen LogP contribution in [0.15, 0.2) is 0 Å². The first-order valence-corrected chi connectivity index (χ1v) is 5.22. The van der Waals surface area contributed by atoms with Crippen LogP contribution in [0, 0.1) is 6.92 Å². The van der Waals surface area contributed by atoms with Gasteiger partial charge in [0.15, 0.2) is 0 Å². The number of nitrogens with zero attached hydrogens (tertiary/aromatic N) is 3. The number of nitrogens with one attached hydrogen (secondary N) is 1. The highest BCUT2D eigenvalue weighted by atomic mass is 16.5. The lowest BCUT2D eigenvalue weighted by Crippen LogP contribution is -2.38. The minimum absolute atomic E-state index is 0.0126. The Labute approximate surface area is 96.3 Å². The summed E-state index contributed by atoms with van der Waals surface area (Å²) >= 11 is 0. The van der Waals surface area contributed by atoms with Crippen molar-refractivity contribution in [2.45, 2.75) is 13.0 Å². The van der Waals surface area contributed by atoms with Crippen LogP contribution in [0.5, 0.6) is 5.88 Å². The Kier molecular flexibility index (Phi) is 4.28. The number of methoxy groups -OCH3 is 1. The van der Waals surface area contributed by atoms with Crippen LogP contribution in [0.4, 0.5) is 0 Å². The van der Waals surface area contributed by atoms with Crippen molar-refractivity contribution < 1.29 is 4.74 Å². The highest BCUT2D eigenvalue weighted by Gasteiger charge is 2.22. The van der Waals surface area contributed by atoms with Crippen LogP contribution in [-0.2, 0) is 7.05 Å². The Morgan fingerprint density at radius 3 is 2.62 bits per heavy atom. The van der Waals surface area contributed by atoms with E-state index in [1.54, 1.807) is 11.8 Å². The molecule has 0 spiro atoms. The summed E-state index contributed by atoms with van der Waals surface area (Å²) in [5.74, 6) is 0.752. The van der Waals surface area contributed by atoms with E-state index in [9.17, 15) is 0 Å². The average Bonchev–Trinajstić information content (AvgIpc) is 2.49. The minimum Gasteiger partial charge on any atom is -0.481 e. The molecule has 92 valence electrons. The van der Waals surface area contributed by atoms with E-state index in [1.165, 1.54) is 0 Å². The fourth-order valence-corrected chi connectivity index (χ4v) is 1.84. The van der Waals surface area contributed by atoms with Crippen molar-refractivity contribution in [2.24, 2.45) is 12.8 Å². The van der Waals surface area contributed by atoms with Gasteiger partial charge in [0.2, 0.25) is 5.88 Å². The first-order chi connectivity index (χ1) is 7.51. The monoisotopic (exact) mass is 227 g/mol. The molecule has 6 heteroatoms. The summed E-state index contributed by atoms with van der Waals surface area (Å²) in [4.78, 5) is 0. The summed E-state index contributed by atoms with van der Waals surface area (Å²) < 4.78 is 7.07. The second kappa shape index (κ2) is 5.29. The molecule has 6 nitrogen and oxygen atoms in total. The summed E-state index contributed by atoms with van der Waals surface area (Å²) in [5.41, 5.74) is 11.0. The molecule has 0 bridgehead atoms. The van der Waals surface area contributed by atoms with Gasteiger partial charge in [-0.3, -0.25) is 0 Å². The molecule has 1 aromatic rings. The number of hydrazine groups is 1. The molecule has 3 N–H and O–H groups in total. The van der Waals surface area contributed by atoms with Gasteiger partial charge in [-0.25, -0.2) is 15.1 Å². The van der Waals surface area contributed by atoms with Gasteiger partial charge in [0.1, 0.15) is 0 Å². The molecule has 0 radical (unpaired) electrons. The molecule has 0 aliphatic carbocycles. The van der Waals surface area contributed by atoms with Crippen molar-refractivity contribution in [3.05, 3.63) is 11.3 Å². The molecule has 1 unspecified atom stereocenters. The molecule has 1 atom stereocenters. The third-order valence-corrected chi connectivity index (χ3v) is 2.41. The molecule has 1 rings (SSSR count). The lowest BCUT2D eigenvalue weighted by molar-refractivity contribution is 0.241. The average molecular weight is 227 g/mol. The van der Waals surface area contributed by atoms with Gasteiger partial charge < -0.3 is 10.5 Å². The summed E-state index contributed by atoms with van der Waals surface area (Å²) in [5, 5.41) is 6.21. The molecule has 1 aromatic heterocycles.